The van der Waals surface area contributed by atoms with E-state index in [9.17, 15) is 0 Å². The van der Waals surface area contributed by atoms with Crippen LogP contribution in [0.5, 0.6) is 0 Å². The lowest BCUT2D eigenvalue weighted by Gasteiger charge is -1.85. The fraction of sp³-hybridized carbons (Fsp3) is 0.500. The van der Waals surface area contributed by atoms with Crippen LogP contribution < -0.4 is 0 Å². The van der Waals surface area contributed by atoms with Gasteiger partial charge in [-0.1, -0.05) is 0 Å². The minimum Gasteiger partial charge on any atom is -0.198 e. The summed E-state index contributed by atoms with van der Waals surface area (Å²) in [5.74, 6) is 5.40. The Morgan fingerprint density at radius 1 is 1.22 bits per heavy atom. The van der Waals surface area contributed by atoms with Crippen LogP contribution in [0.25, 0.3) is 0 Å². The molecule has 0 aliphatic rings. The summed E-state index contributed by atoms with van der Waals surface area (Å²) in [4.78, 5) is 0. The highest BCUT2D eigenvalue weighted by atomic mass is 14.2. The molecule has 0 atom stereocenters. The summed E-state index contributed by atoms with van der Waals surface area (Å²) in [6.45, 7) is 3.38. The van der Waals surface area contributed by atoms with Gasteiger partial charge in [-0.2, -0.15) is 5.26 Å². The van der Waals surface area contributed by atoms with Crippen LogP contribution in [0.2, 0.25) is 0 Å². The third kappa shape index (κ3) is 7.05. The van der Waals surface area contributed by atoms with Crippen LogP contribution in [0.3, 0.4) is 0 Å². The number of nitriles is 1. The molecule has 1 nitrogen and oxygen atoms in total. The Labute approximate surface area is 56.7 Å². The van der Waals surface area contributed by atoms with E-state index < -0.39 is 0 Å². The average molecular weight is 120 g/mol. The Morgan fingerprint density at radius 3 is 2.44 bits per heavy atom. The van der Waals surface area contributed by atoms with E-state index >= 15 is 0 Å². The van der Waals surface area contributed by atoms with Gasteiger partial charge in [-0.25, -0.2) is 0 Å². The Bertz CT molecular complexity index is 142. The maximum atomic E-state index is 8.12. The van der Waals surface area contributed by atoms with E-state index in [0.29, 0.717) is 6.42 Å². The fourth-order valence-corrected chi connectivity index (χ4v) is 0.506. The summed E-state index contributed by atoms with van der Waals surface area (Å²) in [6, 6.07) is 2.08. The SMILES string of the molecule is [CH2]C#CCCCCC#N. The van der Waals surface area contributed by atoms with Gasteiger partial charge < -0.3 is 0 Å². The van der Waals surface area contributed by atoms with Crippen LogP contribution in [0, 0.1) is 30.1 Å². The van der Waals surface area contributed by atoms with Crippen LogP contribution >= 0.6 is 0 Å². The first kappa shape index (κ1) is 8.05. The van der Waals surface area contributed by atoms with Gasteiger partial charge in [0.05, 0.1) is 6.07 Å². The molecule has 0 N–H and O–H groups in total. The van der Waals surface area contributed by atoms with Crippen molar-refractivity contribution in [1.29, 1.82) is 5.26 Å². The van der Waals surface area contributed by atoms with E-state index in [2.05, 4.69) is 24.8 Å². The lowest BCUT2D eigenvalue weighted by atomic mass is 10.2. The van der Waals surface area contributed by atoms with Crippen LogP contribution in [0.1, 0.15) is 25.7 Å². The van der Waals surface area contributed by atoms with E-state index in [4.69, 9.17) is 5.26 Å². The van der Waals surface area contributed by atoms with E-state index in [1.54, 1.807) is 0 Å². The fourth-order valence-electron chi connectivity index (χ4n) is 0.506. The molecule has 47 valence electrons. The van der Waals surface area contributed by atoms with Gasteiger partial charge in [0.2, 0.25) is 0 Å². The molecule has 0 aromatic rings. The molecule has 0 rings (SSSR count). The summed E-state index contributed by atoms with van der Waals surface area (Å²) in [6.07, 6.45) is 3.52. The molecule has 0 amide bonds. The number of unbranched alkanes of at least 4 members (excludes halogenated alkanes) is 3. The van der Waals surface area contributed by atoms with Crippen molar-refractivity contribution in [2.45, 2.75) is 25.7 Å². The first-order valence-electron chi connectivity index (χ1n) is 3.03. The zero-order valence-corrected chi connectivity index (χ0v) is 5.48. The number of hydrogen-bond acceptors (Lipinski definition) is 1. The Hall–Kier alpha value is -0.950. The average Bonchev–Trinajstić information content (AvgIpc) is 1.89. The molecular weight excluding hydrogens is 110 g/mol. The molecular formula is C8H10N. The first-order valence-corrected chi connectivity index (χ1v) is 3.03. The van der Waals surface area contributed by atoms with Crippen molar-refractivity contribution in [3.05, 3.63) is 6.92 Å². The van der Waals surface area contributed by atoms with E-state index in [1.807, 2.05) is 0 Å². The largest absolute Gasteiger partial charge is 0.198 e. The highest BCUT2D eigenvalue weighted by Gasteiger charge is 1.82. The molecule has 0 spiro atoms. The van der Waals surface area contributed by atoms with Crippen LogP contribution in [-0.4, -0.2) is 0 Å². The maximum absolute atomic E-state index is 8.12. The zero-order chi connectivity index (χ0) is 6.95. The quantitative estimate of drug-likeness (QED) is 0.412. The van der Waals surface area contributed by atoms with Crippen molar-refractivity contribution in [3.63, 3.8) is 0 Å². The van der Waals surface area contributed by atoms with Crippen LogP contribution in [0.15, 0.2) is 0 Å². The molecule has 0 aromatic heterocycles. The Balaban J connectivity index is 2.91. The number of nitrogens with zero attached hydrogens (tertiary/aromatic N) is 1. The third-order valence-electron chi connectivity index (χ3n) is 0.965. The van der Waals surface area contributed by atoms with Gasteiger partial charge in [-0.3, -0.25) is 0 Å². The van der Waals surface area contributed by atoms with Gasteiger partial charge in [0.25, 0.3) is 0 Å². The highest BCUT2D eigenvalue weighted by Crippen LogP contribution is 1.96. The van der Waals surface area contributed by atoms with Crippen molar-refractivity contribution < 1.29 is 0 Å². The minimum absolute atomic E-state index is 0.652. The van der Waals surface area contributed by atoms with Gasteiger partial charge >= 0.3 is 0 Å². The molecule has 0 aliphatic heterocycles. The third-order valence-corrected chi connectivity index (χ3v) is 0.965. The minimum atomic E-state index is 0.652. The van der Waals surface area contributed by atoms with Crippen molar-refractivity contribution in [2.24, 2.45) is 0 Å². The lowest BCUT2D eigenvalue weighted by Crippen LogP contribution is -1.71. The summed E-state index contributed by atoms with van der Waals surface area (Å²) in [5.41, 5.74) is 0. The molecule has 0 bridgehead atoms. The van der Waals surface area contributed by atoms with E-state index in [1.165, 1.54) is 0 Å². The van der Waals surface area contributed by atoms with Gasteiger partial charge in [0.15, 0.2) is 0 Å². The molecule has 1 heteroatoms. The summed E-state index contributed by atoms with van der Waals surface area (Å²) >= 11 is 0. The summed E-state index contributed by atoms with van der Waals surface area (Å²) < 4.78 is 0. The summed E-state index contributed by atoms with van der Waals surface area (Å²) in [7, 11) is 0. The number of hydrogen-bond donors (Lipinski definition) is 0. The normalized spacial score (nSPS) is 7.11. The van der Waals surface area contributed by atoms with Crippen molar-refractivity contribution in [3.8, 4) is 17.9 Å². The van der Waals surface area contributed by atoms with Crippen molar-refractivity contribution >= 4 is 0 Å². The standard InChI is InChI=1S/C8H10N/c1-2-3-4-5-6-7-8-9/h1,4-7H2. The van der Waals surface area contributed by atoms with E-state index in [-0.39, 0.29) is 0 Å². The predicted molar refractivity (Wildman–Crippen MR) is 37.2 cm³/mol. The molecule has 0 aliphatic carbocycles. The molecule has 0 unspecified atom stereocenters. The molecule has 0 aromatic carbocycles. The van der Waals surface area contributed by atoms with Crippen LogP contribution in [0.4, 0.5) is 0 Å². The number of rotatable bonds is 3. The topological polar surface area (TPSA) is 23.8 Å². The van der Waals surface area contributed by atoms with Gasteiger partial charge in [0, 0.05) is 19.8 Å². The molecule has 0 fully saturated rings. The summed E-state index contributed by atoms with van der Waals surface area (Å²) in [5, 5.41) is 8.12. The maximum Gasteiger partial charge on any atom is 0.0621 e. The predicted octanol–water partition coefficient (Wildman–Crippen LogP) is 1.91. The molecule has 9 heavy (non-hydrogen) atoms. The van der Waals surface area contributed by atoms with Crippen LogP contribution in [-0.2, 0) is 0 Å². The van der Waals surface area contributed by atoms with Gasteiger partial charge in [-0.05, 0) is 12.8 Å². The molecule has 1 radical (unpaired) electrons. The second-order valence-electron chi connectivity index (χ2n) is 1.72. The molecule has 0 saturated carbocycles. The second-order valence-corrected chi connectivity index (χ2v) is 1.72. The monoisotopic (exact) mass is 120 g/mol. The lowest BCUT2D eigenvalue weighted by molar-refractivity contribution is 0.778. The zero-order valence-electron chi connectivity index (χ0n) is 5.48. The Morgan fingerprint density at radius 2 is 1.89 bits per heavy atom. The van der Waals surface area contributed by atoms with Gasteiger partial charge in [-0.15, -0.1) is 11.8 Å². The van der Waals surface area contributed by atoms with E-state index in [0.717, 1.165) is 19.3 Å². The molecule has 0 heterocycles. The highest BCUT2D eigenvalue weighted by molar-refractivity contribution is 5.00. The molecule has 0 saturated heterocycles. The second kappa shape index (κ2) is 7.05. The van der Waals surface area contributed by atoms with Crippen molar-refractivity contribution in [2.75, 3.05) is 0 Å². The first-order chi connectivity index (χ1) is 4.41. The van der Waals surface area contributed by atoms with Gasteiger partial charge in [0.1, 0.15) is 0 Å². The smallest absolute Gasteiger partial charge is 0.0621 e. The van der Waals surface area contributed by atoms with Crippen molar-refractivity contribution in [1.82, 2.24) is 0 Å². The Kier molecular flexibility index (Phi) is 6.31.